The van der Waals surface area contributed by atoms with Gasteiger partial charge in [0.25, 0.3) is 0 Å². The zero-order chi connectivity index (χ0) is 37.4. The molecular formula is C42H77NO8. The van der Waals surface area contributed by atoms with Gasteiger partial charge in [-0.3, -0.25) is 4.79 Å². The molecule has 6 N–H and O–H groups in total. The molecule has 9 nitrogen and oxygen atoms in total. The van der Waals surface area contributed by atoms with Crippen molar-refractivity contribution in [2.24, 2.45) is 0 Å². The highest BCUT2D eigenvalue weighted by atomic mass is 16.7. The fourth-order valence-corrected chi connectivity index (χ4v) is 6.34. The van der Waals surface area contributed by atoms with E-state index in [2.05, 4.69) is 55.6 Å². The maximum Gasteiger partial charge on any atom is 0.220 e. The maximum absolute atomic E-state index is 12.8. The van der Waals surface area contributed by atoms with Crippen LogP contribution in [0.15, 0.2) is 36.5 Å². The molecule has 0 saturated carbocycles. The summed E-state index contributed by atoms with van der Waals surface area (Å²) in [5.74, 6) is -0.162. The molecule has 0 aromatic rings. The van der Waals surface area contributed by atoms with E-state index in [1.54, 1.807) is 0 Å². The summed E-state index contributed by atoms with van der Waals surface area (Å²) in [6.45, 7) is 3.63. The predicted octanol–water partition coefficient (Wildman–Crippen LogP) is 7.72. The number of unbranched alkanes of at least 4 members (excludes halogenated alkanes) is 17. The minimum atomic E-state index is -1.55. The van der Waals surface area contributed by atoms with E-state index in [4.69, 9.17) is 9.47 Å². The van der Waals surface area contributed by atoms with Gasteiger partial charge in [-0.05, 0) is 51.4 Å². The van der Waals surface area contributed by atoms with Crippen molar-refractivity contribution in [2.45, 2.75) is 211 Å². The number of allylic oxidation sites excluding steroid dienone is 6. The third kappa shape index (κ3) is 24.4. The monoisotopic (exact) mass is 724 g/mol. The van der Waals surface area contributed by atoms with E-state index in [1.165, 1.54) is 89.9 Å². The molecule has 0 aliphatic carbocycles. The topological polar surface area (TPSA) is 149 Å². The van der Waals surface area contributed by atoms with Crippen LogP contribution in [0, 0.1) is 0 Å². The summed E-state index contributed by atoms with van der Waals surface area (Å²) >= 11 is 0. The lowest BCUT2D eigenvalue weighted by molar-refractivity contribution is -0.302. The molecule has 9 heteroatoms. The van der Waals surface area contributed by atoms with Gasteiger partial charge < -0.3 is 40.3 Å². The molecule has 298 valence electrons. The number of rotatable bonds is 33. The SMILES string of the molecule is CCCCCCC/C=C\C/C=C\C/C=C\CCCCCCCCCCCCC(=O)NC(COC1OC(CO)C(O)C(O)C1O)C(O)CCCCC. The third-order valence-corrected chi connectivity index (χ3v) is 9.75. The molecule has 0 spiro atoms. The highest BCUT2D eigenvalue weighted by Gasteiger charge is 2.44. The number of aliphatic hydroxyl groups excluding tert-OH is 5. The Balaban J connectivity index is 2.11. The normalized spacial score (nSPS) is 22.4. The Morgan fingerprint density at radius 2 is 1.16 bits per heavy atom. The molecule has 0 bridgehead atoms. The van der Waals surface area contributed by atoms with E-state index in [1.807, 2.05) is 0 Å². The fourth-order valence-electron chi connectivity index (χ4n) is 6.34. The van der Waals surface area contributed by atoms with Crippen LogP contribution in [0.3, 0.4) is 0 Å². The van der Waals surface area contributed by atoms with Crippen molar-refractivity contribution in [1.82, 2.24) is 5.32 Å². The van der Waals surface area contributed by atoms with Gasteiger partial charge in [0, 0.05) is 6.42 Å². The smallest absolute Gasteiger partial charge is 0.220 e. The van der Waals surface area contributed by atoms with E-state index in [-0.39, 0.29) is 12.5 Å². The third-order valence-electron chi connectivity index (χ3n) is 9.75. The van der Waals surface area contributed by atoms with Crippen molar-refractivity contribution in [2.75, 3.05) is 13.2 Å². The van der Waals surface area contributed by atoms with E-state index in [0.717, 1.165) is 51.4 Å². The summed E-state index contributed by atoms with van der Waals surface area (Å²) in [6, 6.07) is -0.716. The van der Waals surface area contributed by atoms with E-state index in [9.17, 15) is 30.3 Å². The highest BCUT2D eigenvalue weighted by Crippen LogP contribution is 2.23. The summed E-state index contributed by atoms with van der Waals surface area (Å²) in [4.78, 5) is 12.8. The lowest BCUT2D eigenvalue weighted by Gasteiger charge is -2.40. The van der Waals surface area contributed by atoms with Gasteiger partial charge in [-0.1, -0.05) is 147 Å². The predicted molar refractivity (Wildman–Crippen MR) is 207 cm³/mol. The zero-order valence-corrected chi connectivity index (χ0v) is 32.4. The van der Waals surface area contributed by atoms with Gasteiger partial charge in [-0.2, -0.15) is 0 Å². The molecule has 0 aromatic carbocycles. The van der Waals surface area contributed by atoms with Crippen molar-refractivity contribution in [3.8, 4) is 0 Å². The molecule has 1 aliphatic heterocycles. The lowest BCUT2D eigenvalue weighted by Crippen LogP contribution is -2.60. The Bertz CT molecular complexity index is 894. The van der Waals surface area contributed by atoms with Crippen LogP contribution in [0.2, 0.25) is 0 Å². The Hall–Kier alpha value is -1.59. The van der Waals surface area contributed by atoms with Crippen molar-refractivity contribution in [3.05, 3.63) is 36.5 Å². The first-order valence-corrected chi connectivity index (χ1v) is 20.7. The molecule has 7 atom stereocenters. The standard InChI is InChI=1S/C42H77NO8/c1-3-5-7-8-9-10-11-12-13-14-15-16-17-18-19-20-21-22-23-24-25-26-27-28-30-32-38(46)43-35(36(45)31-29-6-4-2)34-50-42-41(49)40(48)39(47)37(33-44)51-42/h11-12,14-15,17-18,35-37,39-42,44-45,47-49H,3-10,13,16,19-34H2,1-2H3,(H,43,46)/b12-11-,15-14-,18-17-. The Labute approximate surface area is 311 Å². The molecule has 0 radical (unpaired) electrons. The number of hydrogen-bond donors (Lipinski definition) is 6. The Kier molecular flexibility index (Phi) is 30.7. The van der Waals surface area contributed by atoms with Crippen LogP contribution in [0.4, 0.5) is 0 Å². The van der Waals surface area contributed by atoms with Crippen molar-refractivity contribution >= 4 is 5.91 Å². The zero-order valence-electron chi connectivity index (χ0n) is 32.4. The van der Waals surface area contributed by atoms with Crippen molar-refractivity contribution in [3.63, 3.8) is 0 Å². The molecule has 1 fully saturated rings. The van der Waals surface area contributed by atoms with Gasteiger partial charge in [0.2, 0.25) is 5.91 Å². The lowest BCUT2D eigenvalue weighted by atomic mass is 9.99. The molecule has 0 aromatic heterocycles. The van der Waals surface area contributed by atoms with E-state index < -0.39 is 49.5 Å². The molecule has 51 heavy (non-hydrogen) atoms. The number of hydrogen-bond acceptors (Lipinski definition) is 8. The first kappa shape index (κ1) is 47.4. The molecule has 1 saturated heterocycles. The van der Waals surface area contributed by atoms with Crippen LogP contribution >= 0.6 is 0 Å². The average molecular weight is 724 g/mol. The highest BCUT2D eigenvalue weighted by molar-refractivity contribution is 5.76. The first-order chi connectivity index (χ1) is 24.8. The summed E-state index contributed by atoms with van der Waals surface area (Å²) in [6.07, 6.45) is 32.5. The summed E-state index contributed by atoms with van der Waals surface area (Å²) in [5, 5.41) is 53.5. The van der Waals surface area contributed by atoms with Gasteiger partial charge >= 0.3 is 0 Å². The van der Waals surface area contributed by atoms with Crippen LogP contribution in [-0.2, 0) is 14.3 Å². The minimum absolute atomic E-state index is 0.145. The van der Waals surface area contributed by atoms with Gasteiger partial charge in [0.15, 0.2) is 6.29 Å². The Morgan fingerprint density at radius 1 is 0.667 bits per heavy atom. The summed E-state index contributed by atoms with van der Waals surface area (Å²) in [5.41, 5.74) is 0. The number of carbonyl (C=O) groups excluding carboxylic acids is 1. The van der Waals surface area contributed by atoms with Gasteiger partial charge in [0.05, 0.1) is 25.4 Å². The molecule has 7 unspecified atom stereocenters. The van der Waals surface area contributed by atoms with Gasteiger partial charge in [0.1, 0.15) is 24.4 Å². The molecular weight excluding hydrogens is 646 g/mol. The molecule has 1 rings (SSSR count). The molecule has 1 aliphatic rings. The van der Waals surface area contributed by atoms with E-state index in [0.29, 0.717) is 12.8 Å². The maximum atomic E-state index is 12.8. The van der Waals surface area contributed by atoms with Crippen LogP contribution in [0.5, 0.6) is 0 Å². The van der Waals surface area contributed by atoms with Gasteiger partial charge in [-0.15, -0.1) is 0 Å². The quantitative estimate of drug-likeness (QED) is 0.0298. The van der Waals surface area contributed by atoms with Crippen LogP contribution in [0.25, 0.3) is 0 Å². The summed E-state index contributed by atoms with van der Waals surface area (Å²) in [7, 11) is 0. The average Bonchev–Trinajstić information content (AvgIpc) is 3.13. The molecule has 1 heterocycles. The second kappa shape index (κ2) is 33.0. The summed E-state index contributed by atoms with van der Waals surface area (Å²) < 4.78 is 11.1. The number of aliphatic hydroxyl groups is 5. The van der Waals surface area contributed by atoms with Crippen LogP contribution in [0.1, 0.15) is 168 Å². The Morgan fingerprint density at radius 3 is 1.71 bits per heavy atom. The molecule has 1 amide bonds. The van der Waals surface area contributed by atoms with Gasteiger partial charge in [-0.25, -0.2) is 0 Å². The number of nitrogens with one attached hydrogen (secondary N) is 1. The second-order valence-electron chi connectivity index (χ2n) is 14.4. The van der Waals surface area contributed by atoms with E-state index >= 15 is 0 Å². The first-order valence-electron chi connectivity index (χ1n) is 20.7. The van der Waals surface area contributed by atoms with Crippen LogP contribution < -0.4 is 5.32 Å². The number of carbonyl (C=O) groups is 1. The fraction of sp³-hybridized carbons (Fsp3) is 0.833. The van der Waals surface area contributed by atoms with Crippen LogP contribution in [-0.4, -0.2) is 87.5 Å². The number of amides is 1. The second-order valence-corrected chi connectivity index (χ2v) is 14.4. The largest absolute Gasteiger partial charge is 0.394 e. The van der Waals surface area contributed by atoms with Crippen molar-refractivity contribution < 1.29 is 39.8 Å². The minimum Gasteiger partial charge on any atom is -0.394 e. The number of ether oxygens (including phenoxy) is 2. The van der Waals surface area contributed by atoms with Crippen molar-refractivity contribution in [1.29, 1.82) is 0 Å².